The highest BCUT2D eigenvalue weighted by Gasteiger charge is 2.13. The van der Waals surface area contributed by atoms with Crippen LogP contribution in [-0.2, 0) is 4.74 Å². The van der Waals surface area contributed by atoms with Gasteiger partial charge < -0.3 is 4.74 Å². The van der Waals surface area contributed by atoms with Gasteiger partial charge in [-0.3, -0.25) is 0 Å². The van der Waals surface area contributed by atoms with Crippen molar-refractivity contribution in [2.75, 3.05) is 6.61 Å². The van der Waals surface area contributed by atoms with Crippen molar-refractivity contribution in [2.24, 2.45) is 0 Å². The second-order valence-corrected chi connectivity index (χ2v) is 3.21. The number of nitrogens with zero attached hydrogens (tertiary/aromatic N) is 3. The molecule has 2 aromatic heterocycles. The number of rotatable bonds is 2. The van der Waals surface area contributed by atoms with Crippen LogP contribution < -0.4 is 0 Å². The van der Waals surface area contributed by atoms with Crippen LogP contribution in [-0.4, -0.2) is 27.2 Å². The Morgan fingerprint density at radius 1 is 1.60 bits per heavy atom. The maximum absolute atomic E-state index is 11.5. The molecule has 0 aliphatic carbocycles. The van der Waals surface area contributed by atoms with Crippen molar-refractivity contribution < 1.29 is 9.53 Å². The average Bonchev–Trinajstić information content (AvgIpc) is 2.60. The predicted molar refractivity (Wildman–Crippen MR) is 54.0 cm³/mol. The number of hydrogen-bond acceptors (Lipinski definition) is 4. The second-order valence-electron chi connectivity index (χ2n) is 2.82. The highest BCUT2D eigenvalue weighted by molar-refractivity contribution is 6.29. The Kier molecular flexibility index (Phi) is 2.55. The highest BCUT2D eigenvalue weighted by atomic mass is 35.5. The van der Waals surface area contributed by atoms with Gasteiger partial charge in [-0.1, -0.05) is 11.6 Å². The van der Waals surface area contributed by atoms with Gasteiger partial charge in [0.15, 0.2) is 0 Å². The molecule has 0 N–H and O–H groups in total. The summed E-state index contributed by atoms with van der Waals surface area (Å²) in [5, 5.41) is 4.29. The SMILES string of the molecule is CCOC(=O)c1cnn2cc(Cl)ncc12. The van der Waals surface area contributed by atoms with Gasteiger partial charge in [-0.2, -0.15) is 5.10 Å². The van der Waals surface area contributed by atoms with Crippen LogP contribution in [0.15, 0.2) is 18.6 Å². The summed E-state index contributed by atoms with van der Waals surface area (Å²) in [6, 6.07) is 0. The van der Waals surface area contributed by atoms with Crippen LogP contribution >= 0.6 is 11.6 Å². The molecule has 2 aromatic rings. The lowest BCUT2D eigenvalue weighted by Gasteiger charge is -1.99. The highest BCUT2D eigenvalue weighted by Crippen LogP contribution is 2.13. The van der Waals surface area contributed by atoms with Crippen LogP contribution in [0.25, 0.3) is 5.52 Å². The van der Waals surface area contributed by atoms with E-state index in [0.717, 1.165) is 0 Å². The number of carbonyl (C=O) groups excluding carboxylic acids is 1. The molecule has 0 saturated heterocycles. The molecule has 2 rings (SSSR count). The van der Waals surface area contributed by atoms with Crippen molar-refractivity contribution in [2.45, 2.75) is 6.92 Å². The Labute approximate surface area is 90.6 Å². The molecule has 0 saturated carbocycles. The molecule has 0 amide bonds. The molecule has 6 heteroatoms. The molecule has 0 bridgehead atoms. The topological polar surface area (TPSA) is 56.5 Å². The quantitative estimate of drug-likeness (QED) is 0.728. The molecule has 2 heterocycles. The first-order valence-electron chi connectivity index (χ1n) is 4.38. The minimum Gasteiger partial charge on any atom is -0.462 e. The Bertz CT molecular complexity index is 509. The van der Waals surface area contributed by atoms with Crippen molar-refractivity contribution in [1.82, 2.24) is 14.6 Å². The van der Waals surface area contributed by atoms with Crippen LogP contribution in [0, 0.1) is 0 Å². The van der Waals surface area contributed by atoms with Crippen molar-refractivity contribution in [3.05, 3.63) is 29.3 Å². The third kappa shape index (κ3) is 1.78. The molecular weight excluding hydrogens is 218 g/mol. The summed E-state index contributed by atoms with van der Waals surface area (Å²) in [5.41, 5.74) is 0.971. The molecule has 0 aromatic carbocycles. The largest absolute Gasteiger partial charge is 0.462 e. The zero-order valence-corrected chi connectivity index (χ0v) is 8.73. The van der Waals surface area contributed by atoms with Gasteiger partial charge in [-0.05, 0) is 6.92 Å². The second kappa shape index (κ2) is 3.86. The average molecular weight is 226 g/mol. The summed E-state index contributed by atoms with van der Waals surface area (Å²) in [6.07, 6.45) is 4.45. The number of aromatic nitrogens is 3. The normalized spacial score (nSPS) is 10.5. The third-order valence-corrected chi connectivity index (χ3v) is 2.06. The lowest BCUT2D eigenvalue weighted by molar-refractivity contribution is 0.0528. The van der Waals surface area contributed by atoms with Gasteiger partial charge in [0.25, 0.3) is 0 Å². The van der Waals surface area contributed by atoms with E-state index in [-0.39, 0.29) is 0 Å². The summed E-state index contributed by atoms with van der Waals surface area (Å²) < 4.78 is 6.36. The monoisotopic (exact) mass is 225 g/mol. The molecule has 0 radical (unpaired) electrons. The predicted octanol–water partition coefficient (Wildman–Crippen LogP) is 1.56. The zero-order chi connectivity index (χ0) is 10.8. The van der Waals surface area contributed by atoms with Crippen LogP contribution in [0.1, 0.15) is 17.3 Å². The maximum atomic E-state index is 11.5. The molecule has 0 aliphatic rings. The first-order valence-corrected chi connectivity index (χ1v) is 4.76. The van der Waals surface area contributed by atoms with E-state index in [0.29, 0.717) is 22.8 Å². The molecule has 0 spiro atoms. The Morgan fingerprint density at radius 3 is 3.13 bits per heavy atom. The smallest absolute Gasteiger partial charge is 0.342 e. The Balaban J connectivity index is 2.49. The van der Waals surface area contributed by atoms with E-state index in [2.05, 4.69) is 10.1 Å². The van der Waals surface area contributed by atoms with E-state index in [1.54, 1.807) is 6.92 Å². The van der Waals surface area contributed by atoms with Crippen LogP contribution in [0.2, 0.25) is 5.15 Å². The molecule has 0 fully saturated rings. The summed E-state index contributed by atoms with van der Waals surface area (Å²) in [4.78, 5) is 15.3. The van der Waals surface area contributed by atoms with Gasteiger partial charge in [-0.25, -0.2) is 14.3 Å². The maximum Gasteiger partial charge on any atom is 0.342 e. The third-order valence-electron chi connectivity index (χ3n) is 1.87. The van der Waals surface area contributed by atoms with Gasteiger partial charge in [0.2, 0.25) is 0 Å². The van der Waals surface area contributed by atoms with E-state index in [9.17, 15) is 4.79 Å². The van der Waals surface area contributed by atoms with Crippen LogP contribution in [0.5, 0.6) is 0 Å². The van der Waals surface area contributed by atoms with Gasteiger partial charge in [0, 0.05) is 0 Å². The van der Waals surface area contributed by atoms with E-state index in [1.165, 1.54) is 23.1 Å². The summed E-state index contributed by atoms with van der Waals surface area (Å²) in [7, 11) is 0. The number of hydrogen-bond donors (Lipinski definition) is 0. The lowest BCUT2D eigenvalue weighted by Crippen LogP contribution is -2.04. The van der Waals surface area contributed by atoms with Crippen molar-refractivity contribution in [3.63, 3.8) is 0 Å². The summed E-state index contributed by atoms with van der Waals surface area (Å²) in [5.74, 6) is -0.406. The van der Waals surface area contributed by atoms with Crippen molar-refractivity contribution in [1.29, 1.82) is 0 Å². The lowest BCUT2D eigenvalue weighted by atomic mass is 10.3. The molecule has 0 atom stereocenters. The molecule has 0 aliphatic heterocycles. The van der Waals surface area contributed by atoms with Gasteiger partial charge in [-0.15, -0.1) is 0 Å². The number of halogens is 1. The van der Waals surface area contributed by atoms with Crippen LogP contribution in [0.3, 0.4) is 0 Å². The standard InChI is InChI=1S/C9H8ClN3O2/c1-2-15-9(14)6-3-12-13-5-8(10)11-4-7(6)13/h3-5H,2H2,1H3. The molecule has 0 unspecified atom stereocenters. The Hall–Kier alpha value is -1.62. The summed E-state index contributed by atoms with van der Waals surface area (Å²) >= 11 is 5.68. The molecule has 5 nitrogen and oxygen atoms in total. The molecule has 15 heavy (non-hydrogen) atoms. The molecule has 78 valence electrons. The number of fused-ring (bicyclic) bond motifs is 1. The van der Waals surface area contributed by atoms with E-state index in [1.807, 2.05) is 0 Å². The van der Waals surface area contributed by atoms with Crippen molar-refractivity contribution >= 4 is 23.1 Å². The fraction of sp³-hybridized carbons (Fsp3) is 0.222. The first-order chi connectivity index (χ1) is 7.22. The minimum atomic E-state index is -0.406. The Morgan fingerprint density at radius 2 is 2.40 bits per heavy atom. The van der Waals surface area contributed by atoms with Gasteiger partial charge in [0.05, 0.1) is 30.7 Å². The fourth-order valence-corrected chi connectivity index (χ4v) is 1.37. The van der Waals surface area contributed by atoms with Crippen LogP contribution in [0.4, 0.5) is 0 Å². The molecular formula is C9H8ClN3O2. The fourth-order valence-electron chi connectivity index (χ4n) is 1.23. The summed E-state index contributed by atoms with van der Waals surface area (Å²) in [6.45, 7) is 2.08. The zero-order valence-electron chi connectivity index (χ0n) is 7.98. The first kappa shape index (κ1) is 9.92. The van der Waals surface area contributed by atoms with Gasteiger partial charge >= 0.3 is 5.97 Å². The van der Waals surface area contributed by atoms with Crippen molar-refractivity contribution in [3.8, 4) is 0 Å². The van der Waals surface area contributed by atoms with E-state index >= 15 is 0 Å². The number of carbonyl (C=O) groups is 1. The number of ether oxygens (including phenoxy) is 1. The number of esters is 1. The van der Waals surface area contributed by atoms with E-state index < -0.39 is 5.97 Å². The minimum absolute atomic E-state index is 0.320. The van der Waals surface area contributed by atoms with Gasteiger partial charge in [0.1, 0.15) is 10.7 Å². The van der Waals surface area contributed by atoms with E-state index in [4.69, 9.17) is 16.3 Å².